The van der Waals surface area contributed by atoms with Gasteiger partial charge in [0, 0.05) is 11.7 Å². The van der Waals surface area contributed by atoms with Gasteiger partial charge in [0.2, 0.25) is 0 Å². The minimum absolute atomic E-state index is 0.131. The van der Waals surface area contributed by atoms with Gasteiger partial charge in [0.25, 0.3) is 5.91 Å². The maximum atomic E-state index is 12.8. The van der Waals surface area contributed by atoms with Gasteiger partial charge in [-0.15, -0.1) is 0 Å². The molecule has 7 heteroatoms. The van der Waals surface area contributed by atoms with Crippen molar-refractivity contribution >= 4 is 5.91 Å². The zero-order chi connectivity index (χ0) is 16.8. The molecule has 3 rings (SSSR count). The number of halogens is 3. The molecule has 1 aromatic heterocycles. The van der Waals surface area contributed by atoms with E-state index in [1.54, 1.807) is 10.7 Å². The molecule has 2 fully saturated rings. The highest BCUT2D eigenvalue weighted by molar-refractivity contribution is 5.92. The van der Waals surface area contributed by atoms with Crippen LogP contribution in [0.15, 0.2) is 6.07 Å². The normalized spacial score (nSPS) is 20.2. The molecule has 0 radical (unpaired) electrons. The van der Waals surface area contributed by atoms with E-state index in [9.17, 15) is 18.0 Å². The Morgan fingerprint density at radius 1 is 1.39 bits per heavy atom. The van der Waals surface area contributed by atoms with Crippen molar-refractivity contribution in [3.8, 4) is 0 Å². The molecule has 0 bridgehead atoms. The molecule has 128 valence electrons. The Kier molecular flexibility index (Phi) is 4.14. The van der Waals surface area contributed by atoms with Crippen molar-refractivity contribution in [3.63, 3.8) is 0 Å². The number of hydrogen-bond donors (Lipinski definition) is 0. The van der Waals surface area contributed by atoms with Gasteiger partial charge in [0.1, 0.15) is 6.54 Å². The first-order valence-corrected chi connectivity index (χ1v) is 8.20. The summed E-state index contributed by atoms with van der Waals surface area (Å²) in [6, 6.07) is 1.50. The second-order valence-electron chi connectivity index (χ2n) is 6.83. The molecular formula is C16H22F3N3O. The maximum absolute atomic E-state index is 12.8. The quantitative estimate of drug-likeness (QED) is 0.826. The molecule has 1 aromatic rings. The Morgan fingerprint density at radius 2 is 2.04 bits per heavy atom. The van der Waals surface area contributed by atoms with Crippen molar-refractivity contribution in [2.45, 2.75) is 64.2 Å². The van der Waals surface area contributed by atoms with Crippen molar-refractivity contribution in [1.29, 1.82) is 0 Å². The minimum Gasteiger partial charge on any atom is -0.325 e. The summed E-state index contributed by atoms with van der Waals surface area (Å²) in [5.74, 6) is -0.0358. The lowest BCUT2D eigenvalue weighted by Gasteiger charge is -2.37. The third kappa shape index (κ3) is 3.53. The first-order valence-electron chi connectivity index (χ1n) is 8.20. The molecule has 0 N–H and O–H groups in total. The van der Waals surface area contributed by atoms with Gasteiger partial charge in [-0.1, -0.05) is 0 Å². The summed E-state index contributed by atoms with van der Waals surface area (Å²) in [6.45, 7) is 2.70. The number of aromatic nitrogens is 2. The molecule has 1 atom stereocenters. The van der Waals surface area contributed by atoms with Crippen LogP contribution in [-0.4, -0.2) is 39.4 Å². The van der Waals surface area contributed by atoms with E-state index in [0.717, 1.165) is 29.9 Å². The molecule has 2 saturated carbocycles. The molecular weight excluding hydrogens is 307 g/mol. The van der Waals surface area contributed by atoms with Gasteiger partial charge < -0.3 is 4.90 Å². The predicted octanol–water partition coefficient (Wildman–Crippen LogP) is 3.72. The number of carbonyl (C=O) groups is 1. The zero-order valence-corrected chi connectivity index (χ0v) is 13.4. The van der Waals surface area contributed by atoms with Crippen LogP contribution < -0.4 is 0 Å². The van der Waals surface area contributed by atoms with Crippen LogP contribution in [0.4, 0.5) is 13.2 Å². The van der Waals surface area contributed by atoms with E-state index in [1.807, 2.05) is 13.8 Å². The van der Waals surface area contributed by atoms with Crippen LogP contribution in [0.25, 0.3) is 0 Å². The monoisotopic (exact) mass is 329 g/mol. The van der Waals surface area contributed by atoms with Crippen molar-refractivity contribution in [2.24, 2.45) is 5.92 Å². The van der Waals surface area contributed by atoms with Gasteiger partial charge in [-0.05, 0) is 57.9 Å². The van der Waals surface area contributed by atoms with Crippen LogP contribution in [0.5, 0.6) is 0 Å². The van der Waals surface area contributed by atoms with E-state index in [2.05, 4.69) is 5.10 Å². The highest BCUT2D eigenvalue weighted by Gasteiger charge is 2.40. The first-order chi connectivity index (χ1) is 10.8. The smallest absolute Gasteiger partial charge is 0.325 e. The van der Waals surface area contributed by atoms with Crippen LogP contribution in [0, 0.1) is 12.8 Å². The predicted molar refractivity (Wildman–Crippen MR) is 79.1 cm³/mol. The van der Waals surface area contributed by atoms with Crippen LogP contribution in [0.3, 0.4) is 0 Å². The number of hydrogen-bond acceptors (Lipinski definition) is 2. The molecule has 2 aliphatic carbocycles. The Labute approximate surface area is 133 Å². The number of nitrogens with zero attached hydrogens (tertiary/aromatic N) is 3. The van der Waals surface area contributed by atoms with E-state index < -0.39 is 18.6 Å². The fraction of sp³-hybridized carbons (Fsp3) is 0.750. The Morgan fingerprint density at radius 3 is 2.52 bits per heavy atom. The number of alkyl halides is 3. The molecule has 1 heterocycles. The molecule has 0 saturated heterocycles. The van der Waals surface area contributed by atoms with E-state index >= 15 is 0 Å². The van der Waals surface area contributed by atoms with E-state index in [-0.39, 0.29) is 17.8 Å². The SMILES string of the molecule is Cc1cc(C(=O)N(CC(F)(F)F)C2CCC2)nn1C(C)C1CC1. The highest BCUT2D eigenvalue weighted by Crippen LogP contribution is 2.39. The van der Waals surface area contributed by atoms with E-state index in [4.69, 9.17) is 0 Å². The largest absolute Gasteiger partial charge is 0.406 e. The summed E-state index contributed by atoms with van der Waals surface area (Å²) < 4.78 is 40.2. The fourth-order valence-corrected chi connectivity index (χ4v) is 3.19. The lowest BCUT2D eigenvalue weighted by molar-refractivity contribution is -0.147. The fourth-order valence-electron chi connectivity index (χ4n) is 3.19. The van der Waals surface area contributed by atoms with Crippen molar-refractivity contribution in [3.05, 3.63) is 17.5 Å². The van der Waals surface area contributed by atoms with Gasteiger partial charge in [-0.25, -0.2) is 0 Å². The van der Waals surface area contributed by atoms with Crippen LogP contribution in [0.2, 0.25) is 0 Å². The lowest BCUT2D eigenvalue weighted by Crippen LogP contribution is -2.48. The number of rotatable bonds is 5. The standard InChI is InChI=1S/C16H22F3N3O/c1-10-8-14(20-22(10)11(2)12-6-7-12)15(23)21(9-16(17,18)19)13-4-3-5-13/h8,11-13H,3-7,9H2,1-2H3. The van der Waals surface area contributed by atoms with E-state index in [1.165, 1.54) is 0 Å². The summed E-state index contributed by atoms with van der Waals surface area (Å²) >= 11 is 0. The van der Waals surface area contributed by atoms with Gasteiger partial charge >= 0.3 is 6.18 Å². The van der Waals surface area contributed by atoms with Gasteiger partial charge in [-0.3, -0.25) is 9.48 Å². The third-order valence-corrected chi connectivity index (χ3v) is 4.96. The van der Waals surface area contributed by atoms with Crippen molar-refractivity contribution < 1.29 is 18.0 Å². The average Bonchev–Trinajstić information content (AvgIpc) is 3.16. The van der Waals surface area contributed by atoms with Crippen molar-refractivity contribution in [1.82, 2.24) is 14.7 Å². The lowest BCUT2D eigenvalue weighted by atomic mass is 9.91. The first kappa shape index (κ1) is 16.3. The zero-order valence-electron chi connectivity index (χ0n) is 13.4. The average molecular weight is 329 g/mol. The summed E-state index contributed by atoms with van der Waals surface area (Å²) in [6.07, 6.45) is 0.0562. The maximum Gasteiger partial charge on any atom is 0.406 e. The van der Waals surface area contributed by atoms with Crippen LogP contribution >= 0.6 is 0 Å². The Hall–Kier alpha value is -1.53. The Balaban J connectivity index is 1.80. The molecule has 2 aliphatic rings. The van der Waals surface area contributed by atoms with Crippen molar-refractivity contribution in [2.75, 3.05) is 6.54 Å². The third-order valence-electron chi connectivity index (χ3n) is 4.96. The number of carbonyl (C=O) groups excluding carboxylic acids is 1. The molecule has 0 aliphatic heterocycles. The van der Waals surface area contributed by atoms with E-state index in [0.29, 0.717) is 18.8 Å². The molecule has 0 spiro atoms. The Bertz CT molecular complexity index is 588. The molecule has 1 amide bonds. The van der Waals surface area contributed by atoms with Gasteiger partial charge in [0.05, 0.1) is 6.04 Å². The highest BCUT2D eigenvalue weighted by atomic mass is 19.4. The number of amides is 1. The molecule has 4 nitrogen and oxygen atoms in total. The molecule has 1 unspecified atom stereocenters. The summed E-state index contributed by atoms with van der Waals surface area (Å²) in [5, 5.41) is 4.32. The second-order valence-corrected chi connectivity index (χ2v) is 6.83. The van der Waals surface area contributed by atoms with Gasteiger partial charge in [0.15, 0.2) is 5.69 Å². The number of aryl methyl sites for hydroxylation is 1. The minimum atomic E-state index is -4.38. The van der Waals surface area contributed by atoms with Crippen LogP contribution in [-0.2, 0) is 0 Å². The molecule has 0 aromatic carbocycles. The summed E-state index contributed by atoms with van der Waals surface area (Å²) in [4.78, 5) is 13.5. The van der Waals surface area contributed by atoms with Gasteiger partial charge in [-0.2, -0.15) is 18.3 Å². The second kappa shape index (κ2) is 5.83. The van der Waals surface area contributed by atoms with Crippen LogP contribution in [0.1, 0.15) is 61.3 Å². The summed E-state index contributed by atoms with van der Waals surface area (Å²) in [7, 11) is 0. The summed E-state index contributed by atoms with van der Waals surface area (Å²) in [5.41, 5.74) is 0.958. The molecule has 23 heavy (non-hydrogen) atoms. The topological polar surface area (TPSA) is 38.1 Å².